The predicted octanol–water partition coefficient (Wildman–Crippen LogP) is 4.64. The molecule has 4 heteroatoms. The third-order valence-corrected chi connectivity index (χ3v) is 3.89. The molecule has 0 aliphatic rings. The third kappa shape index (κ3) is 3.25. The topological polar surface area (TPSA) is 41.5 Å². The van der Waals surface area contributed by atoms with Gasteiger partial charge in [-0.3, -0.25) is 0 Å². The SMILES string of the molecule is COc1ccc(Br)c(NC(C)c2cc(C)ccc2O)c1. The zero-order valence-corrected chi connectivity index (χ0v) is 13.4. The Hall–Kier alpha value is -1.68. The van der Waals surface area contributed by atoms with Gasteiger partial charge in [0.05, 0.1) is 18.8 Å². The Kier molecular flexibility index (Phi) is 4.55. The van der Waals surface area contributed by atoms with Gasteiger partial charge in [-0.1, -0.05) is 17.7 Å². The van der Waals surface area contributed by atoms with Crippen LogP contribution in [0, 0.1) is 6.92 Å². The van der Waals surface area contributed by atoms with Crippen LogP contribution in [0.15, 0.2) is 40.9 Å². The molecule has 0 heterocycles. The fraction of sp³-hybridized carbons (Fsp3) is 0.250. The maximum Gasteiger partial charge on any atom is 0.121 e. The lowest BCUT2D eigenvalue weighted by molar-refractivity contribution is 0.415. The summed E-state index contributed by atoms with van der Waals surface area (Å²) >= 11 is 3.51. The van der Waals surface area contributed by atoms with Gasteiger partial charge < -0.3 is 15.2 Å². The number of phenolic OH excluding ortho intramolecular Hbond substituents is 1. The van der Waals surface area contributed by atoms with E-state index in [1.807, 2.05) is 44.2 Å². The molecule has 106 valence electrons. The molecule has 0 saturated heterocycles. The number of aryl methyl sites for hydroxylation is 1. The molecule has 2 N–H and O–H groups in total. The quantitative estimate of drug-likeness (QED) is 0.854. The minimum atomic E-state index is -0.0155. The normalized spacial score (nSPS) is 12.0. The number of rotatable bonds is 4. The molecular formula is C16H18BrNO2. The number of benzene rings is 2. The van der Waals surface area contributed by atoms with E-state index in [2.05, 4.69) is 21.2 Å². The van der Waals surface area contributed by atoms with Crippen molar-refractivity contribution in [1.29, 1.82) is 0 Å². The molecular weight excluding hydrogens is 318 g/mol. The summed E-state index contributed by atoms with van der Waals surface area (Å²) in [4.78, 5) is 0. The van der Waals surface area contributed by atoms with Crippen LogP contribution in [0.3, 0.4) is 0 Å². The van der Waals surface area contributed by atoms with Crippen molar-refractivity contribution in [3.05, 3.63) is 52.0 Å². The number of hydrogen-bond acceptors (Lipinski definition) is 3. The van der Waals surface area contributed by atoms with Gasteiger partial charge in [0.2, 0.25) is 0 Å². The van der Waals surface area contributed by atoms with E-state index in [0.29, 0.717) is 5.75 Å². The van der Waals surface area contributed by atoms with Crippen LogP contribution < -0.4 is 10.1 Å². The van der Waals surface area contributed by atoms with Crippen LogP contribution in [0.4, 0.5) is 5.69 Å². The van der Waals surface area contributed by atoms with Crippen LogP contribution in [0.2, 0.25) is 0 Å². The number of aromatic hydroxyl groups is 1. The highest BCUT2D eigenvalue weighted by Crippen LogP contribution is 2.32. The van der Waals surface area contributed by atoms with Crippen molar-refractivity contribution in [3.8, 4) is 11.5 Å². The summed E-state index contributed by atoms with van der Waals surface area (Å²) in [6.45, 7) is 4.03. The van der Waals surface area contributed by atoms with Gasteiger partial charge in [-0.25, -0.2) is 0 Å². The van der Waals surface area contributed by atoms with Crippen LogP contribution in [0.25, 0.3) is 0 Å². The second-order valence-corrected chi connectivity index (χ2v) is 5.63. The highest BCUT2D eigenvalue weighted by molar-refractivity contribution is 9.10. The summed E-state index contributed by atoms with van der Waals surface area (Å²) in [6.07, 6.45) is 0. The lowest BCUT2D eigenvalue weighted by atomic mass is 10.0. The maximum absolute atomic E-state index is 9.98. The van der Waals surface area contributed by atoms with E-state index in [9.17, 15) is 5.11 Å². The molecule has 1 unspecified atom stereocenters. The van der Waals surface area contributed by atoms with E-state index in [4.69, 9.17) is 4.74 Å². The molecule has 2 aromatic carbocycles. The fourth-order valence-corrected chi connectivity index (χ4v) is 2.43. The molecule has 3 nitrogen and oxygen atoms in total. The van der Waals surface area contributed by atoms with Crippen LogP contribution in [0.5, 0.6) is 11.5 Å². The van der Waals surface area contributed by atoms with Crippen molar-refractivity contribution in [1.82, 2.24) is 0 Å². The zero-order chi connectivity index (χ0) is 14.7. The standard InChI is InChI=1S/C16H18BrNO2/c1-10-4-7-16(19)13(8-10)11(2)18-15-9-12(20-3)5-6-14(15)17/h4-9,11,18-19H,1-3H3. The molecule has 0 bridgehead atoms. The molecule has 2 rings (SSSR count). The van der Waals surface area contributed by atoms with E-state index in [0.717, 1.165) is 27.0 Å². The molecule has 0 radical (unpaired) electrons. The summed E-state index contributed by atoms with van der Waals surface area (Å²) in [5.74, 6) is 1.09. The van der Waals surface area contributed by atoms with Crippen LogP contribution >= 0.6 is 15.9 Å². The molecule has 0 aromatic heterocycles. The van der Waals surface area contributed by atoms with Gasteiger partial charge in [0, 0.05) is 16.1 Å². The predicted molar refractivity (Wildman–Crippen MR) is 85.6 cm³/mol. The number of methoxy groups -OCH3 is 1. The van der Waals surface area contributed by atoms with Crippen LogP contribution in [-0.4, -0.2) is 12.2 Å². The van der Waals surface area contributed by atoms with Crippen LogP contribution in [-0.2, 0) is 0 Å². The van der Waals surface area contributed by atoms with Gasteiger partial charge >= 0.3 is 0 Å². The summed E-state index contributed by atoms with van der Waals surface area (Å²) in [7, 11) is 1.64. The maximum atomic E-state index is 9.98. The van der Waals surface area contributed by atoms with Gasteiger partial charge in [0.25, 0.3) is 0 Å². The average Bonchev–Trinajstić information content (AvgIpc) is 2.43. The second kappa shape index (κ2) is 6.18. The molecule has 0 fully saturated rings. The summed E-state index contributed by atoms with van der Waals surface area (Å²) in [5, 5.41) is 13.4. The Balaban J connectivity index is 2.27. The minimum Gasteiger partial charge on any atom is -0.508 e. The minimum absolute atomic E-state index is 0.0155. The zero-order valence-electron chi connectivity index (χ0n) is 11.8. The largest absolute Gasteiger partial charge is 0.508 e. The van der Waals surface area contributed by atoms with E-state index >= 15 is 0 Å². The molecule has 0 aliphatic heterocycles. The van der Waals surface area contributed by atoms with Gasteiger partial charge in [0.1, 0.15) is 11.5 Å². The van der Waals surface area contributed by atoms with E-state index in [-0.39, 0.29) is 6.04 Å². The lowest BCUT2D eigenvalue weighted by Gasteiger charge is -2.19. The molecule has 1 atom stereocenters. The van der Waals surface area contributed by atoms with Gasteiger partial charge in [-0.15, -0.1) is 0 Å². The smallest absolute Gasteiger partial charge is 0.121 e. The van der Waals surface area contributed by atoms with Crippen molar-refractivity contribution in [2.45, 2.75) is 19.9 Å². The molecule has 0 aliphatic carbocycles. The first-order chi connectivity index (χ1) is 9.51. The number of nitrogens with one attached hydrogen (secondary N) is 1. The van der Waals surface area contributed by atoms with Gasteiger partial charge in [0.15, 0.2) is 0 Å². The first-order valence-corrected chi connectivity index (χ1v) is 7.20. The first-order valence-electron chi connectivity index (χ1n) is 6.41. The monoisotopic (exact) mass is 335 g/mol. The molecule has 0 saturated carbocycles. The van der Waals surface area contributed by atoms with E-state index in [1.165, 1.54) is 0 Å². The Morgan fingerprint density at radius 3 is 2.65 bits per heavy atom. The number of halogens is 1. The second-order valence-electron chi connectivity index (χ2n) is 4.77. The summed E-state index contributed by atoms with van der Waals surface area (Å²) < 4.78 is 6.19. The van der Waals surface area contributed by atoms with E-state index < -0.39 is 0 Å². The highest BCUT2D eigenvalue weighted by atomic mass is 79.9. The first kappa shape index (κ1) is 14.7. The molecule has 0 spiro atoms. The number of ether oxygens (including phenoxy) is 1. The summed E-state index contributed by atoms with van der Waals surface area (Å²) in [5.41, 5.74) is 2.92. The fourth-order valence-electron chi connectivity index (χ4n) is 2.07. The van der Waals surface area contributed by atoms with Crippen LogP contribution in [0.1, 0.15) is 24.1 Å². The van der Waals surface area contributed by atoms with Crippen molar-refractivity contribution in [2.75, 3.05) is 12.4 Å². The van der Waals surface area contributed by atoms with Crippen molar-refractivity contribution < 1.29 is 9.84 Å². The van der Waals surface area contributed by atoms with Crippen molar-refractivity contribution in [3.63, 3.8) is 0 Å². The Labute approximate surface area is 127 Å². The molecule has 0 amide bonds. The average molecular weight is 336 g/mol. The lowest BCUT2D eigenvalue weighted by Crippen LogP contribution is -2.07. The Bertz CT molecular complexity index is 613. The van der Waals surface area contributed by atoms with E-state index in [1.54, 1.807) is 13.2 Å². The molecule has 2 aromatic rings. The number of anilines is 1. The van der Waals surface area contributed by atoms with Crippen molar-refractivity contribution >= 4 is 21.6 Å². The third-order valence-electron chi connectivity index (χ3n) is 3.20. The number of phenols is 1. The molecule has 20 heavy (non-hydrogen) atoms. The van der Waals surface area contributed by atoms with Gasteiger partial charge in [-0.05, 0) is 48.0 Å². The Morgan fingerprint density at radius 2 is 1.95 bits per heavy atom. The Morgan fingerprint density at radius 1 is 1.20 bits per heavy atom. The van der Waals surface area contributed by atoms with Gasteiger partial charge in [-0.2, -0.15) is 0 Å². The summed E-state index contributed by atoms with van der Waals surface area (Å²) in [6, 6.07) is 11.3. The highest BCUT2D eigenvalue weighted by Gasteiger charge is 2.12. The number of hydrogen-bond donors (Lipinski definition) is 2. The van der Waals surface area contributed by atoms with Crippen molar-refractivity contribution in [2.24, 2.45) is 0 Å².